The Morgan fingerprint density at radius 2 is 2.08 bits per heavy atom. The van der Waals surface area contributed by atoms with E-state index in [9.17, 15) is 14.9 Å². The summed E-state index contributed by atoms with van der Waals surface area (Å²) in [5, 5.41) is 13.9. The first kappa shape index (κ1) is 18.2. The number of halogens is 1. The van der Waals surface area contributed by atoms with Crippen molar-refractivity contribution >= 4 is 28.9 Å². The number of nitro benzene ring substituents is 1. The number of rotatable bonds is 6. The second-order valence-corrected chi connectivity index (χ2v) is 6.28. The van der Waals surface area contributed by atoms with Crippen molar-refractivity contribution in [1.29, 1.82) is 0 Å². The molecule has 0 aromatic heterocycles. The molecule has 1 amide bonds. The Morgan fingerprint density at radius 1 is 1.31 bits per heavy atom. The molecule has 0 aliphatic carbocycles. The highest BCUT2D eigenvalue weighted by Crippen LogP contribution is 2.29. The molecule has 0 unspecified atom stereocenters. The molecule has 2 aromatic rings. The largest absolute Gasteiger partial charge is 0.489 e. The number of ether oxygens (including phenoxy) is 2. The lowest BCUT2D eigenvalue weighted by molar-refractivity contribution is -0.384. The fourth-order valence-electron chi connectivity index (χ4n) is 2.61. The fraction of sp³-hybridized carbons (Fsp3) is 0.278. The first-order valence-electron chi connectivity index (χ1n) is 8.12. The third-order valence-corrected chi connectivity index (χ3v) is 4.21. The number of nitrogens with one attached hydrogen (secondary N) is 1. The number of nitro groups is 1. The first-order valence-corrected chi connectivity index (χ1v) is 8.50. The highest BCUT2D eigenvalue weighted by Gasteiger charge is 2.18. The molecular weight excluding hydrogens is 360 g/mol. The summed E-state index contributed by atoms with van der Waals surface area (Å²) in [6, 6.07) is 10.3. The van der Waals surface area contributed by atoms with E-state index in [1.54, 1.807) is 18.2 Å². The second kappa shape index (κ2) is 8.16. The lowest BCUT2D eigenvalue weighted by atomic mass is 10.2. The molecule has 0 radical (unpaired) electrons. The standard InChI is InChI=1S/C18H17ClN2O5/c19-13-5-8-17(26-11-15-2-1-9-25-15)16(10-13)20-18(22)12-3-6-14(7-4-12)21(23)24/h3-8,10,15H,1-2,9,11H2,(H,20,22)/t15-/m1/s1. The van der Waals surface area contributed by atoms with Gasteiger partial charge in [0.1, 0.15) is 12.4 Å². The summed E-state index contributed by atoms with van der Waals surface area (Å²) in [5.41, 5.74) is 0.643. The Morgan fingerprint density at radius 3 is 2.73 bits per heavy atom. The number of anilines is 1. The number of hydrogen-bond donors (Lipinski definition) is 1. The van der Waals surface area contributed by atoms with Gasteiger partial charge in [0.15, 0.2) is 0 Å². The molecule has 3 rings (SSSR count). The van der Waals surface area contributed by atoms with Gasteiger partial charge in [-0.05, 0) is 43.2 Å². The summed E-state index contributed by atoms with van der Waals surface area (Å²) in [6.45, 7) is 1.13. The molecule has 26 heavy (non-hydrogen) atoms. The average molecular weight is 377 g/mol. The summed E-state index contributed by atoms with van der Waals surface area (Å²) in [6.07, 6.45) is 2.00. The number of carbonyl (C=O) groups is 1. The van der Waals surface area contributed by atoms with Crippen molar-refractivity contribution in [3.8, 4) is 5.75 Å². The molecule has 0 spiro atoms. The van der Waals surface area contributed by atoms with E-state index in [2.05, 4.69) is 5.32 Å². The van der Waals surface area contributed by atoms with E-state index >= 15 is 0 Å². The van der Waals surface area contributed by atoms with Crippen LogP contribution in [0, 0.1) is 10.1 Å². The van der Waals surface area contributed by atoms with E-state index < -0.39 is 10.8 Å². The zero-order chi connectivity index (χ0) is 18.5. The van der Waals surface area contributed by atoms with E-state index in [0.29, 0.717) is 28.6 Å². The molecule has 1 atom stereocenters. The highest BCUT2D eigenvalue weighted by atomic mass is 35.5. The van der Waals surface area contributed by atoms with Crippen LogP contribution in [-0.4, -0.2) is 30.1 Å². The molecule has 1 fully saturated rings. The van der Waals surface area contributed by atoms with Crippen LogP contribution in [0.4, 0.5) is 11.4 Å². The molecule has 7 nitrogen and oxygen atoms in total. The van der Waals surface area contributed by atoms with Crippen LogP contribution in [0.5, 0.6) is 5.75 Å². The van der Waals surface area contributed by atoms with Gasteiger partial charge >= 0.3 is 0 Å². The molecule has 1 aliphatic heterocycles. The van der Waals surface area contributed by atoms with Crippen LogP contribution in [0.2, 0.25) is 5.02 Å². The monoisotopic (exact) mass is 376 g/mol. The maximum absolute atomic E-state index is 12.4. The van der Waals surface area contributed by atoms with Gasteiger partial charge in [-0.15, -0.1) is 0 Å². The molecular formula is C18H17ClN2O5. The van der Waals surface area contributed by atoms with Crippen molar-refractivity contribution in [3.05, 3.63) is 63.2 Å². The van der Waals surface area contributed by atoms with Crippen LogP contribution < -0.4 is 10.1 Å². The van der Waals surface area contributed by atoms with Gasteiger partial charge in [-0.3, -0.25) is 14.9 Å². The van der Waals surface area contributed by atoms with Gasteiger partial charge < -0.3 is 14.8 Å². The summed E-state index contributed by atoms with van der Waals surface area (Å²) in [4.78, 5) is 22.6. The summed E-state index contributed by atoms with van der Waals surface area (Å²) >= 11 is 6.02. The van der Waals surface area contributed by atoms with Crippen molar-refractivity contribution in [3.63, 3.8) is 0 Å². The normalized spacial score (nSPS) is 16.3. The Hall–Kier alpha value is -2.64. The van der Waals surface area contributed by atoms with Crippen molar-refractivity contribution in [1.82, 2.24) is 0 Å². The topological polar surface area (TPSA) is 90.7 Å². The van der Waals surface area contributed by atoms with Gasteiger partial charge in [-0.25, -0.2) is 0 Å². The molecule has 1 heterocycles. The van der Waals surface area contributed by atoms with E-state index in [0.717, 1.165) is 19.4 Å². The lowest BCUT2D eigenvalue weighted by Gasteiger charge is -2.15. The van der Waals surface area contributed by atoms with E-state index in [1.165, 1.54) is 24.3 Å². The van der Waals surface area contributed by atoms with Crippen LogP contribution in [0.1, 0.15) is 23.2 Å². The Labute approximate surface area is 155 Å². The van der Waals surface area contributed by atoms with E-state index in [4.69, 9.17) is 21.1 Å². The molecule has 1 N–H and O–H groups in total. The van der Waals surface area contributed by atoms with Gasteiger partial charge in [0.25, 0.3) is 11.6 Å². The number of carbonyl (C=O) groups excluding carboxylic acids is 1. The summed E-state index contributed by atoms with van der Waals surface area (Å²) < 4.78 is 11.3. The third kappa shape index (κ3) is 4.50. The number of benzene rings is 2. The number of nitrogens with zero attached hydrogens (tertiary/aromatic N) is 1. The molecule has 1 saturated heterocycles. The van der Waals surface area contributed by atoms with Gasteiger partial charge in [0.05, 0.1) is 16.7 Å². The third-order valence-electron chi connectivity index (χ3n) is 3.98. The van der Waals surface area contributed by atoms with Crippen molar-refractivity contribution in [2.24, 2.45) is 0 Å². The van der Waals surface area contributed by atoms with Crippen LogP contribution >= 0.6 is 11.6 Å². The van der Waals surface area contributed by atoms with Crippen LogP contribution in [0.15, 0.2) is 42.5 Å². The minimum atomic E-state index is -0.518. The molecule has 136 valence electrons. The predicted molar refractivity (Wildman–Crippen MR) is 97.0 cm³/mol. The Kier molecular flexibility index (Phi) is 5.70. The van der Waals surface area contributed by atoms with Crippen molar-refractivity contribution in [2.75, 3.05) is 18.5 Å². The molecule has 2 aromatic carbocycles. The Bertz CT molecular complexity index is 804. The average Bonchev–Trinajstić information content (AvgIpc) is 3.14. The minimum Gasteiger partial charge on any atom is -0.489 e. The number of amides is 1. The summed E-state index contributed by atoms with van der Waals surface area (Å²) in [5.74, 6) is 0.0734. The van der Waals surface area contributed by atoms with Crippen molar-refractivity contribution < 1.29 is 19.2 Å². The van der Waals surface area contributed by atoms with Gasteiger partial charge in [-0.2, -0.15) is 0 Å². The minimum absolute atomic E-state index is 0.0453. The van der Waals surface area contributed by atoms with Gasteiger partial charge in [0, 0.05) is 29.3 Å². The fourth-order valence-corrected chi connectivity index (χ4v) is 2.79. The smallest absolute Gasteiger partial charge is 0.269 e. The van der Waals surface area contributed by atoms with E-state index in [-0.39, 0.29) is 11.8 Å². The quantitative estimate of drug-likeness (QED) is 0.606. The second-order valence-electron chi connectivity index (χ2n) is 5.84. The van der Waals surface area contributed by atoms with Crippen LogP contribution in [0.25, 0.3) is 0 Å². The SMILES string of the molecule is O=C(Nc1cc(Cl)ccc1OC[C@H]1CCCO1)c1ccc([N+](=O)[O-])cc1. The summed E-state index contributed by atoms with van der Waals surface area (Å²) in [7, 11) is 0. The molecule has 1 aliphatic rings. The number of hydrogen-bond acceptors (Lipinski definition) is 5. The maximum Gasteiger partial charge on any atom is 0.269 e. The van der Waals surface area contributed by atoms with Crippen molar-refractivity contribution in [2.45, 2.75) is 18.9 Å². The van der Waals surface area contributed by atoms with Gasteiger partial charge in [0.2, 0.25) is 0 Å². The molecule has 0 saturated carbocycles. The zero-order valence-electron chi connectivity index (χ0n) is 13.8. The number of non-ortho nitro benzene ring substituents is 1. The zero-order valence-corrected chi connectivity index (χ0v) is 14.6. The van der Waals surface area contributed by atoms with E-state index in [1.807, 2.05) is 0 Å². The maximum atomic E-state index is 12.4. The van der Waals surface area contributed by atoms with Crippen LogP contribution in [-0.2, 0) is 4.74 Å². The predicted octanol–water partition coefficient (Wildman–Crippen LogP) is 4.06. The molecule has 8 heteroatoms. The first-order chi connectivity index (χ1) is 12.5. The van der Waals surface area contributed by atoms with Gasteiger partial charge in [-0.1, -0.05) is 11.6 Å². The Balaban J connectivity index is 1.71. The lowest BCUT2D eigenvalue weighted by Crippen LogP contribution is -2.18. The highest BCUT2D eigenvalue weighted by molar-refractivity contribution is 6.31. The molecule has 0 bridgehead atoms. The van der Waals surface area contributed by atoms with Crippen LogP contribution in [0.3, 0.4) is 0 Å².